The molecule has 1 atom stereocenters. The van der Waals surface area contributed by atoms with Gasteiger partial charge in [0.25, 0.3) is 0 Å². The number of benzene rings is 1. The van der Waals surface area contributed by atoms with E-state index in [-0.39, 0.29) is 11.9 Å². The van der Waals surface area contributed by atoms with Crippen LogP contribution in [0.1, 0.15) is 25.5 Å². The predicted octanol–water partition coefficient (Wildman–Crippen LogP) is 2.90. The Balaban J connectivity index is 2.25. The fourth-order valence-electron chi connectivity index (χ4n) is 1.75. The molecule has 2 N–H and O–H groups in total. The molecule has 0 saturated carbocycles. The number of thioether (sulfide) groups is 1. The average molecular weight is 270 g/mol. The van der Waals surface area contributed by atoms with E-state index in [0.717, 1.165) is 36.7 Å². The molecular formula is C14H23FN2S. The van der Waals surface area contributed by atoms with E-state index < -0.39 is 0 Å². The number of nitrogens with two attached hydrogens (primary N) is 1. The van der Waals surface area contributed by atoms with E-state index in [9.17, 15) is 4.39 Å². The first-order valence-electron chi connectivity index (χ1n) is 6.48. The van der Waals surface area contributed by atoms with Crippen molar-refractivity contribution in [2.45, 2.75) is 19.9 Å². The molecule has 0 aliphatic carbocycles. The van der Waals surface area contributed by atoms with Gasteiger partial charge >= 0.3 is 0 Å². The minimum atomic E-state index is -0.208. The first-order chi connectivity index (χ1) is 8.67. The lowest BCUT2D eigenvalue weighted by atomic mass is 10.1. The van der Waals surface area contributed by atoms with Crippen LogP contribution in [0.2, 0.25) is 0 Å². The fourth-order valence-corrected chi connectivity index (χ4v) is 2.75. The van der Waals surface area contributed by atoms with E-state index in [1.165, 1.54) is 12.1 Å². The lowest BCUT2D eigenvalue weighted by molar-refractivity contribution is 0.324. The van der Waals surface area contributed by atoms with Crippen molar-refractivity contribution in [2.24, 2.45) is 5.73 Å². The average Bonchev–Trinajstić information content (AvgIpc) is 2.39. The Morgan fingerprint density at radius 2 is 1.83 bits per heavy atom. The molecule has 0 spiro atoms. The van der Waals surface area contributed by atoms with Crippen LogP contribution in [0.4, 0.5) is 4.39 Å². The second kappa shape index (κ2) is 8.51. The van der Waals surface area contributed by atoms with Crippen molar-refractivity contribution in [3.05, 3.63) is 35.6 Å². The number of hydrogen-bond acceptors (Lipinski definition) is 3. The zero-order chi connectivity index (χ0) is 13.4. The number of hydrogen-bond donors (Lipinski definition) is 1. The fraction of sp³-hybridized carbons (Fsp3) is 0.571. The van der Waals surface area contributed by atoms with Crippen LogP contribution in [-0.4, -0.2) is 36.0 Å². The molecule has 4 heteroatoms. The minimum Gasteiger partial charge on any atom is -0.323 e. The zero-order valence-electron chi connectivity index (χ0n) is 11.2. The monoisotopic (exact) mass is 270 g/mol. The molecule has 0 bridgehead atoms. The Hall–Kier alpha value is -0.580. The van der Waals surface area contributed by atoms with Gasteiger partial charge in [0.2, 0.25) is 0 Å². The SMILES string of the molecule is CCN(CC)CCSCC(N)c1ccc(F)cc1. The topological polar surface area (TPSA) is 29.3 Å². The largest absolute Gasteiger partial charge is 0.323 e. The maximum Gasteiger partial charge on any atom is 0.123 e. The van der Waals surface area contributed by atoms with Gasteiger partial charge in [0.1, 0.15) is 5.82 Å². The molecule has 0 amide bonds. The van der Waals surface area contributed by atoms with Gasteiger partial charge in [-0.2, -0.15) is 11.8 Å². The molecule has 0 aliphatic heterocycles. The Bertz CT molecular complexity index is 325. The summed E-state index contributed by atoms with van der Waals surface area (Å²) in [5, 5.41) is 0. The van der Waals surface area contributed by atoms with Crippen LogP contribution in [-0.2, 0) is 0 Å². The second-order valence-electron chi connectivity index (χ2n) is 4.26. The van der Waals surface area contributed by atoms with Gasteiger partial charge in [-0.25, -0.2) is 4.39 Å². The van der Waals surface area contributed by atoms with E-state index in [1.807, 2.05) is 11.8 Å². The third-order valence-electron chi connectivity index (χ3n) is 3.04. The molecule has 18 heavy (non-hydrogen) atoms. The number of halogens is 1. The molecule has 1 aromatic rings. The van der Waals surface area contributed by atoms with Crippen LogP contribution < -0.4 is 5.73 Å². The standard InChI is InChI=1S/C14H23FN2S/c1-3-17(4-2)9-10-18-11-14(16)12-5-7-13(15)8-6-12/h5-8,14H,3-4,9-11,16H2,1-2H3. The third-order valence-corrected chi connectivity index (χ3v) is 4.11. The van der Waals surface area contributed by atoms with Crippen LogP contribution in [0.15, 0.2) is 24.3 Å². The van der Waals surface area contributed by atoms with Crippen LogP contribution in [0.25, 0.3) is 0 Å². The summed E-state index contributed by atoms with van der Waals surface area (Å²) in [5.74, 6) is 1.77. The molecule has 0 aliphatic rings. The molecule has 102 valence electrons. The van der Waals surface area contributed by atoms with E-state index >= 15 is 0 Å². The van der Waals surface area contributed by atoms with E-state index in [1.54, 1.807) is 12.1 Å². The van der Waals surface area contributed by atoms with Crippen molar-refractivity contribution in [1.82, 2.24) is 4.90 Å². The van der Waals surface area contributed by atoms with E-state index in [0.29, 0.717) is 0 Å². The lowest BCUT2D eigenvalue weighted by Crippen LogP contribution is -2.25. The molecule has 1 aromatic carbocycles. The van der Waals surface area contributed by atoms with Crippen molar-refractivity contribution < 1.29 is 4.39 Å². The van der Waals surface area contributed by atoms with Crippen LogP contribution in [0, 0.1) is 5.82 Å². The van der Waals surface area contributed by atoms with Gasteiger partial charge in [0, 0.05) is 24.1 Å². The van der Waals surface area contributed by atoms with Crippen molar-refractivity contribution in [1.29, 1.82) is 0 Å². The maximum atomic E-state index is 12.8. The smallest absolute Gasteiger partial charge is 0.123 e. The zero-order valence-corrected chi connectivity index (χ0v) is 12.0. The van der Waals surface area contributed by atoms with Crippen LogP contribution in [0.5, 0.6) is 0 Å². The summed E-state index contributed by atoms with van der Waals surface area (Å²) in [4.78, 5) is 2.40. The van der Waals surface area contributed by atoms with Crippen molar-refractivity contribution in [3.63, 3.8) is 0 Å². The predicted molar refractivity (Wildman–Crippen MR) is 78.4 cm³/mol. The summed E-state index contributed by atoms with van der Waals surface area (Å²) in [6, 6.07) is 6.47. The molecule has 1 unspecified atom stereocenters. The molecule has 0 radical (unpaired) electrons. The highest BCUT2D eigenvalue weighted by Crippen LogP contribution is 2.16. The highest BCUT2D eigenvalue weighted by atomic mass is 32.2. The Morgan fingerprint density at radius 3 is 2.39 bits per heavy atom. The van der Waals surface area contributed by atoms with Gasteiger partial charge in [-0.05, 0) is 30.8 Å². The highest BCUT2D eigenvalue weighted by molar-refractivity contribution is 7.99. The quantitative estimate of drug-likeness (QED) is 0.737. The highest BCUT2D eigenvalue weighted by Gasteiger charge is 2.06. The molecule has 0 saturated heterocycles. The molecule has 0 aromatic heterocycles. The van der Waals surface area contributed by atoms with Gasteiger partial charge in [-0.15, -0.1) is 0 Å². The van der Waals surface area contributed by atoms with Crippen molar-refractivity contribution in [3.8, 4) is 0 Å². The molecule has 0 fully saturated rings. The van der Waals surface area contributed by atoms with Gasteiger partial charge in [0.15, 0.2) is 0 Å². The number of nitrogens with zero attached hydrogens (tertiary/aromatic N) is 1. The molecule has 0 heterocycles. The lowest BCUT2D eigenvalue weighted by Gasteiger charge is -2.18. The summed E-state index contributed by atoms with van der Waals surface area (Å²) in [6.07, 6.45) is 0. The normalized spacial score (nSPS) is 12.9. The Morgan fingerprint density at radius 1 is 1.22 bits per heavy atom. The molecule has 1 rings (SSSR count). The van der Waals surface area contributed by atoms with Gasteiger partial charge in [-0.3, -0.25) is 0 Å². The summed E-state index contributed by atoms with van der Waals surface area (Å²) in [5.41, 5.74) is 7.08. The molecule has 2 nitrogen and oxygen atoms in total. The first-order valence-corrected chi connectivity index (χ1v) is 7.64. The summed E-state index contributed by atoms with van der Waals surface area (Å²) < 4.78 is 12.8. The second-order valence-corrected chi connectivity index (χ2v) is 5.41. The number of rotatable bonds is 8. The third kappa shape index (κ3) is 5.38. The summed E-state index contributed by atoms with van der Waals surface area (Å²) >= 11 is 1.86. The van der Waals surface area contributed by atoms with E-state index in [2.05, 4.69) is 18.7 Å². The first kappa shape index (κ1) is 15.5. The summed E-state index contributed by atoms with van der Waals surface area (Å²) in [7, 11) is 0. The van der Waals surface area contributed by atoms with E-state index in [4.69, 9.17) is 5.73 Å². The van der Waals surface area contributed by atoms with Crippen molar-refractivity contribution >= 4 is 11.8 Å². The molecular weight excluding hydrogens is 247 g/mol. The Labute approximate surface area is 114 Å². The van der Waals surface area contributed by atoms with Crippen LogP contribution in [0.3, 0.4) is 0 Å². The summed E-state index contributed by atoms with van der Waals surface area (Å²) in [6.45, 7) is 7.66. The minimum absolute atomic E-state index is 0.00713. The van der Waals surface area contributed by atoms with Crippen LogP contribution >= 0.6 is 11.8 Å². The van der Waals surface area contributed by atoms with Crippen molar-refractivity contribution in [2.75, 3.05) is 31.1 Å². The van der Waals surface area contributed by atoms with Gasteiger partial charge < -0.3 is 10.6 Å². The Kier molecular flexibility index (Phi) is 7.32. The van der Waals surface area contributed by atoms with Gasteiger partial charge in [-0.1, -0.05) is 26.0 Å². The maximum absolute atomic E-state index is 12.8. The van der Waals surface area contributed by atoms with Gasteiger partial charge in [0.05, 0.1) is 0 Å².